The number of methoxy groups -OCH3 is 2. The molecule has 0 saturated carbocycles. The van der Waals surface area contributed by atoms with Crippen molar-refractivity contribution in [3.8, 4) is 17.4 Å². The first kappa shape index (κ1) is 16.1. The summed E-state index contributed by atoms with van der Waals surface area (Å²) < 4.78 is 16.3. The molecular formula is C18H23NO3. The summed E-state index contributed by atoms with van der Waals surface area (Å²) in [5.74, 6) is 2.11. The number of benzene rings is 1. The van der Waals surface area contributed by atoms with Crippen molar-refractivity contribution in [1.82, 2.24) is 4.98 Å². The summed E-state index contributed by atoms with van der Waals surface area (Å²) in [4.78, 5) is 4.56. The normalized spacial score (nSPS) is 11.1. The first-order valence-electron chi connectivity index (χ1n) is 7.24. The van der Waals surface area contributed by atoms with Gasteiger partial charge in [-0.05, 0) is 23.8 Å². The molecule has 118 valence electrons. The zero-order valence-corrected chi connectivity index (χ0v) is 13.8. The first-order valence-corrected chi connectivity index (χ1v) is 7.24. The lowest BCUT2D eigenvalue weighted by Gasteiger charge is -2.18. The Morgan fingerprint density at radius 3 is 2.14 bits per heavy atom. The largest absolute Gasteiger partial charge is 0.497 e. The van der Waals surface area contributed by atoms with Crippen LogP contribution in [0, 0.1) is 0 Å². The van der Waals surface area contributed by atoms with Crippen molar-refractivity contribution in [2.24, 2.45) is 0 Å². The van der Waals surface area contributed by atoms with Crippen molar-refractivity contribution >= 4 is 0 Å². The molecule has 0 aliphatic carbocycles. The van der Waals surface area contributed by atoms with E-state index in [1.165, 1.54) is 0 Å². The minimum atomic E-state index is -0.00143. The standard InChI is InChI=1S/C18H23NO3/c1-18(2,3)16-7-6-8-17(19-16)22-12-13-9-14(20-4)11-15(10-13)21-5/h6-11H,12H2,1-5H3. The van der Waals surface area contributed by atoms with Crippen LogP contribution in [-0.4, -0.2) is 19.2 Å². The molecule has 4 heteroatoms. The van der Waals surface area contributed by atoms with Crippen molar-refractivity contribution in [3.05, 3.63) is 47.7 Å². The van der Waals surface area contributed by atoms with Crippen molar-refractivity contribution in [3.63, 3.8) is 0 Å². The van der Waals surface area contributed by atoms with E-state index >= 15 is 0 Å². The van der Waals surface area contributed by atoms with E-state index in [4.69, 9.17) is 14.2 Å². The third kappa shape index (κ3) is 4.13. The van der Waals surface area contributed by atoms with E-state index in [9.17, 15) is 0 Å². The average Bonchev–Trinajstić information content (AvgIpc) is 2.52. The second-order valence-electron chi connectivity index (χ2n) is 6.12. The van der Waals surface area contributed by atoms with Gasteiger partial charge in [0.1, 0.15) is 18.1 Å². The second-order valence-corrected chi connectivity index (χ2v) is 6.12. The molecule has 0 saturated heterocycles. The summed E-state index contributed by atoms with van der Waals surface area (Å²) in [6.45, 7) is 6.80. The van der Waals surface area contributed by atoms with Gasteiger partial charge in [-0.15, -0.1) is 0 Å². The van der Waals surface area contributed by atoms with Gasteiger partial charge in [0.15, 0.2) is 0 Å². The first-order chi connectivity index (χ1) is 10.4. The SMILES string of the molecule is COc1cc(COc2cccc(C(C)(C)C)n2)cc(OC)c1. The predicted octanol–water partition coefficient (Wildman–Crippen LogP) is 3.98. The Hall–Kier alpha value is -2.23. The lowest BCUT2D eigenvalue weighted by molar-refractivity contribution is 0.289. The van der Waals surface area contributed by atoms with Gasteiger partial charge in [-0.25, -0.2) is 4.98 Å². The molecule has 0 aliphatic heterocycles. The van der Waals surface area contributed by atoms with E-state index in [2.05, 4.69) is 25.8 Å². The van der Waals surface area contributed by atoms with Gasteiger partial charge in [-0.3, -0.25) is 0 Å². The molecule has 1 heterocycles. The molecule has 0 fully saturated rings. The Bertz CT molecular complexity index is 610. The predicted molar refractivity (Wildman–Crippen MR) is 86.8 cm³/mol. The van der Waals surface area contributed by atoms with Crippen molar-refractivity contribution in [1.29, 1.82) is 0 Å². The van der Waals surface area contributed by atoms with Gasteiger partial charge in [0.05, 0.1) is 14.2 Å². The van der Waals surface area contributed by atoms with E-state index in [0.717, 1.165) is 22.8 Å². The number of ether oxygens (including phenoxy) is 3. The fourth-order valence-electron chi connectivity index (χ4n) is 2.02. The van der Waals surface area contributed by atoms with E-state index in [1.54, 1.807) is 14.2 Å². The topological polar surface area (TPSA) is 40.6 Å². The lowest BCUT2D eigenvalue weighted by atomic mass is 9.92. The maximum absolute atomic E-state index is 5.80. The lowest BCUT2D eigenvalue weighted by Crippen LogP contribution is -2.13. The molecule has 0 amide bonds. The minimum absolute atomic E-state index is 0.00143. The molecule has 2 rings (SSSR count). The van der Waals surface area contributed by atoms with Crippen LogP contribution in [0.15, 0.2) is 36.4 Å². The monoisotopic (exact) mass is 301 g/mol. The summed E-state index contributed by atoms with van der Waals surface area (Å²) in [6, 6.07) is 11.5. The number of aromatic nitrogens is 1. The maximum Gasteiger partial charge on any atom is 0.213 e. The molecule has 0 N–H and O–H groups in total. The van der Waals surface area contributed by atoms with Gasteiger partial charge in [-0.1, -0.05) is 26.8 Å². The third-order valence-electron chi connectivity index (χ3n) is 3.29. The third-order valence-corrected chi connectivity index (χ3v) is 3.29. The molecule has 2 aromatic rings. The summed E-state index contributed by atoms with van der Waals surface area (Å²) in [5, 5.41) is 0. The fourth-order valence-corrected chi connectivity index (χ4v) is 2.02. The summed E-state index contributed by atoms with van der Waals surface area (Å²) >= 11 is 0. The number of hydrogen-bond donors (Lipinski definition) is 0. The highest BCUT2D eigenvalue weighted by Gasteiger charge is 2.15. The van der Waals surface area contributed by atoms with E-state index in [-0.39, 0.29) is 5.41 Å². The van der Waals surface area contributed by atoms with E-state index < -0.39 is 0 Å². The number of pyridine rings is 1. The van der Waals surface area contributed by atoms with Crippen LogP contribution in [0.25, 0.3) is 0 Å². The molecule has 0 aliphatic rings. The van der Waals surface area contributed by atoms with Crippen LogP contribution >= 0.6 is 0 Å². The van der Waals surface area contributed by atoms with Gasteiger partial charge in [0, 0.05) is 23.2 Å². The van der Waals surface area contributed by atoms with Gasteiger partial charge in [0.2, 0.25) is 5.88 Å². The zero-order valence-electron chi connectivity index (χ0n) is 13.8. The maximum atomic E-state index is 5.80. The van der Waals surface area contributed by atoms with E-state index in [1.807, 2.05) is 36.4 Å². The summed E-state index contributed by atoms with van der Waals surface area (Å²) in [5.41, 5.74) is 1.98. The van der Waals surface area contributed by atoms with Crippen molar-refractivity contribution in [2.45, 2.75) is 32.8 Å². The van der Waals surface area contributed by atoms with Crippen LogP contribution in [0.1, 0.15) is 32.0 Å². The molecule has 0 atom stereocenters. The fraction of sp³-hybridized carbons (Fsp3) is 0.389. The van der Waals surface area contributed by atoms with Crippen LogP contribution in [0.5, 0.6) is 17.4 Å². The molecule has 0 unspecified atom stereocenters. The minimum Gasteiger partial charge on any atom is -0.497 e. The van der Waals surface area contributed by atoms with Gasteiger partial charge in [-0.2, -0.15) is 0 Å². The molecule has 1 aromatic heterocycles. The quantitative estimate of drug-likeness (QED) is 0.837. The van der Waals surface area contributed by atoms with Gasteiger partial charge < -0.3 is 14.2 Å². The van der Waals surface area contributed by atoms with Crippen LogP contribution in [0.4, 0.5) is 0 Å². The Labute approximate surface area is 132 Å². The van der Waals surface area contributed by atoms with Gasteiger partial charge in [0.25, 0.3) is 0 Å². The molecular weight excluding hydrogens is 278 g/mol. The highest BCUT2D eigenvalue weighted by Crippen LogP contribution is 2.25. The van der Waals surface area contributed by atoms with Crippen LogP contribution in [0.3, 0.4) is 0 Å². The van der Waals surface area contributed by atoms with E-state index in [0.29, 0.717) is 12.5 Å². The zero-order chi connectivity index (χ0) is 16.2. The Balaban J connectivity index is 2.13. The molecule has 0 radical (unpaired) electrons. The molecule has 4 nitrogen and oxygen atoms in total. The Kier molecular flexibility index (Phi) is 4.91. The molecule has 0 bridgehead atoms. The van der Waals surface area contributed by atoms with Crippen molar-refractivity contribution < 1.29 is 14.2 Å². The Morgan fingerprint density at radius 1 is 0.955 bits per heavy atom. The van der Waals surface area contributed by atoms with Crippen LogP contribution < -0.4 is 14.2 Å². The number of rotatable bonds is 5. The Morgan fingerprint density at radius 2 is 1.59 bits per heavy atom. The van der Waals surface area contributed by atoms with Crippen molar-refractivity contribution in [2.75, 3.05) is 14.2 Å². The smallest absolute Gasteiger partial charge is 0.213 e. The summed E-state index contributed by atoms with van der Waals surface area (Å²) in [7, 11) is 3.27. The molecule has 22 heavy (non-hydrogen) atoms. The van der Waals surface area contributed by atoms with Crippen LogP contribution in [0.2, 0.25) is 0 Å². The molecule has 0 spiro atoms. The summed E-state index contributed by atoms with van der Waals surface area (Å²) in [6.07, 6.45) is 0. The van der Waals surface area contributed by atoms with Gasteiger partial charge >= 0.3 is 0 Å². The van der Waals surface area contributed by atoms with Crippen LogP contribution in [-0.2, 0) is 12.0 Å². The second kappa shape index (κ2) is 6.69. The number of nitrogens with zero attached hydrogens (tertiary/aromatic N) is 1. The highest BCUT2D eigenvalue weighted by atomic mass is 16.5. The highest BCUT2D eigenvalue weighted by molar-refractivity contribution is 5.38. The number of hydrogen-bond acceptors (Lipinski definition) is 4. The average molecular weight is 301 g/mol. The molecule has 1 aromatic carbocycles.